The van der Waals surface area contributed by atoms with E-state index in [-0.39, 0.29) is 0 Å². The molecule has 0 unspecified atom stereocenters. The van der Waals surface area contributed by atoms with Crippen LogP contribution < -0.4 is 15.5 Å². The number of hydrogen-bond donors (Lipinski definition) is 2. The van der Waals surface area contributed by atoms with E-state index < -0.39 is 0 Å². The van der Waals surface area contributed by atoms with E-state index in [0.717, 1.165) is 35.4 Å². The Kier molecular flexibility index (Phi) is 7.15. The fourth-order valence-corrected chi connectivity index (χ4v) is 3.63. The van der Waals surface area contributed by atoms with Gasteiger partial charge in [-0.05, 0) is 55.9 Å². The van der Waals surface area contributed by atoms with E-state index in [1.165, 1.54) is 11.1 Å². The molecular formula is C26H26N4OS. The molecule has 0 amide bonds. The highest BCUT2D eigenvalue weighted by atomic mass is 32.1. The molecule has 0 saturated heterocycles. The number of thiocarbonyl (C=S) groups is 1. The van der Waals surface area contributed by atoms with Gasteiger partial charge in [0.2, 0.25) is 0 Å². The molecular weight excluding hydrogens is 416 g/mol. The highest BCUT2D eigenvalue weighted by Crippen LogP contribution is 2.20. The zero-order chi connectivity index (χ0) is 22.2. The van der Waals surface area contributed by atoms with E-state index in [0.29, 0.717) is 11.7 Å². The van der Waals surface area contributed by atoms with Gasteiger partial charge in [0.25, 0.3) is 0 Å². The van der Waals surface area contributed by atoms with E-state index in [2.05, 4.69) is 51.7 Å². The molecule has 0 fully saturated rings. The Morgan fingerprint density at radius 3 is 2.56 bits per heavy atom. The summed E-state index contributed by atoms with van der Waals surface area (Å²) in [5, 5.41) is 9.07. The molecule has 0 bridgehead atoms. The number of aryl methyl sites for hydroxylation is 2. The lowest BCUT2D eigenvalue weighted by molar-refractivity contribution is 0.302. The molecule has 2 N–H and O–H groups in total. The van der Waals surface area contributed by atoms with Crippen molar-refractivity contribution in [2.24, 2.45) is 5.10 Å². The van der Waals surface area contributed by atoms with Crippen LogP contribution in [0.25, 0.3) is 10.9 Å². The second kappa shape index (κ2) is 10.6. The van der Waals surface area contributed by atoms with Crippen LogP contribution in [0, 0.1) is 6.92 Å². The predicted molar refractivity (Wildman–Crippen MR) is 137 cm³/mol. The number of para-hydroxylation sites is 2. The van der Waals surface area contributed by atoms with Crippen molar-refractivity contribution >= 4 is 40.1 Å². The molecule has 1 heterocycles. The molecule has 0 spiro atoms. The SMILES string of the molecule is Cc1ccc(NC(=S)NN=Cc2cn(CCCOc3ccccc3)c3ccccc23)cc1. The smallest absolute Gasteiger partial charge is 0.191 e. The van der Waals surface area contributed by atoms with Crippen molar-refractivity contribution in [3.63, 3.8) is 0 Å². The maximum absolute atomic E-state index is 5.82. The van der Waals surface area contributed by atoms with Gasteiger partial charge in [-0.15, -0.1) is 0 Å². The maximum atomic E-state index is 5.82. The molecule has 4 rings (SSSR count). The minimum Gasteiger partial charge on any atom is -0.494 e. The van der Waals surface area contributed by atoms with Crippen molar-refractivity contribution in [1.29, 1.82) is 0 Å². The topological polar surface area (TPSA) is 50.6 Å². The highest BCUT2D eigenvalue weighted by Gasteiger charge is 2.06. The normalized spacial score (nSPS) is 11.0. The molecule has 3 aromatic carbocycles. The predicted octanol–water partition coefficient (Wildman–Crippen LogP) is 5.74. The maximum Gasteiger partial charge on any atom is 0.191 e. The summed E-state index contributed by atoms with van der Waals surface area (Å²) in [5.74, 6) is 0.902. The van der Waals surface area contributed by atoms with Crippen molar-refractivity contribution in [3.05, 3.63) is 96.2 Å². The van der Waals surface area contributed by atoms with E-state index >= 15 is 0 Å². The molecule has 1 aromatic heterocycles. The van der Waals surface area contributed by atoms with Gasteiger partial charge in [0.1, 0.15) is 5.75 Å². The lowest BCUT2D eigenvalue weighted by Crippen LogP contribution is -2.23. The van der Waals surface area contributed by atoms with E-state index in [1.807, 2.05) is 66.9 Å². The van der Waals surface area contributed by atoms with Crippen molar-refractivity contribution in [1.82, 2.24) is 9.99 Å². The highest BCUT2D eigenvalue weighted by molar-refractivity contribution is 7.80. The Balaban J connectivity index is 1.36. The van der Waals surface area contributed by atoms with E-state index in [1.54, 1.807) is 0 Å². The number of hydrazone groups is 1. The zero-order valence-electron chi connectivity index (χ0n) is 18.0. The summed E-state index contributed by atoms with van der Waals surface area (Å²) in [4.78, 5) is 0. The second-order valence-electron chi connectivity index (χ2n) is 7.50. The molecule has 0 saturated carbocycles. The van der Waals surface area contributed by atoms with Crippen LogP contribution in [-0.2, 0) is 6.54 Å². The Labute approximate surface area is 193 Å². The van der Waals surface area contributed by atoms with E-state index in [4.69, 9.17) is 17.0 Å². The Morgan fingerprint density at radius 1 is 1.00 bits per heavy atom. The summed E-state index contributed by atoms with van der Waals surface area (Å²) in [6.45, 7) is 3.58. The summed E-state index contributed by atoms with van der Waals surface area (Å²) in [7, 11) is 0. The molecule has 0 aliphatic heterocycles. The number of nitrogens with zero attached hydrogens (tertiary/aromatic N) is 2. The monoisotopic (exact) mass is 442 g/mol. The average molecular weight is 443 g/mol. The first-order chi connectivity index (χ1) is 15.7. The lowest BCUT2D eigenvalue weighted by Gasteiger charge is -2.07. The number of fused-ring (bicyclic) bond motifs is 1. The number of ether oxygens (including phenoxy) is 1. The van der Waals surface area contributed by atoms with Crippen LogP contribution in [0.1, 0.15) is 17.5 Å². The molecule has 0 aliphatic rings. The van der Waals surface area contributed by atoms with Gasteiger partial charge in [-0.25, -0.2) is 0 Å². The number of rotatable bonds is 8. The third-order valence-electron chi connectivity index (χ3n) is 5.05. The van der Waals surface area contributed by atoms with E-state index in [9.17, 15) is 0 Å². The van der Waals surface area contributed by atoms with Gasteiger partial charge >= 0.3 is 0 Å². The van der Waals surface area contributed by atoms with Gasteiger partial charge in [-0.3, -0.25) is 5.43 Å². The van der Waals surface area contributed by atoms with Gasteiger partial charge in [-0.2, -0.15) is 5.10 Å². The van der Waals surface area contributed by atoms with Crippen molar-refractivity contribution in [2.75, 3.05) is 11.9 Å². The lowest BCUT2D eigenvalue weighted by atomic mass is 10.2. The summed E-state index contributed by atoms with van der Waals surface area (Å²) < 4.78 is 8.07. The van der Waals surface area contributed by atoms with Crippen LogP contribution in [0.15, 0.2) is 90.2 Å². The quantitative estimate of drug-likeness (QED) is 0.158. The van der Waals surface area contributed by atoms with Crippen LogP contribution in [0.3, 0.4) is 0 Å². The first-order valence-electron chi connectivity index (χ1n) is 10.6. The Hall–Kier alpha value is -3.64. The van der Waals surface area contributed by atoms with Crippen LogP contribution in [0.5, 0.6) is 5.75 Å². The fourth-order valence-electron chi connectivity index (χ4n) is 3.46. The average Bonchev–Trinajstić information content (AvgIpc) is 3.17. The molecule has 162 valence electrons. The third-order valence-corrected chi connectivity index (χ3v) is 5.25. The number of hydrogen-bond acceptors (Lipinski definition) is 3. The van der Waals surface area contributed by atoms with Gasteiger partial charge < -0.3 is 14.6 Å². The minimum atomic E-state index is 0.451. The summed E-state index contributed by atoms with van der Waals surface area (Å²) in [6.07, 6.45) is 4.84. The third kappa shape index (κ3) is 5.74. The molecule has 6 heteroatoms. The number of benzene rings is 3. The van der Waals surface area contributed by atoms with Crippen LogP contribution in [0.2, 0.25) is 0 Å². The molecule has 4 aromatic rings. The van der Waals surface area contributed by atoms with Crippen LogP contribution >= 0.6 is 12.2 Å². The summed E-state index contributed by atoms with van der Waals surface area (Å²) in [6, 6.07) is 26.3. The summed E-state index contributed by atoms with van der Waals surface area (Å²) in [5.41, 5.74) is 7.24. The van der Waals surface area contributed by atoms with Gasteiger partial charge in [-0.1, -0.05) is 54.1 Å². The summed E-state index contributed by atoms with van der Waals surface area (Å²) >= 11 is 5.34. The fraction of sp³-hybridized carbons (Fsp3) is 0.154. The molecule has 32 heavy (non-hydrogen) atoms. The number of nitrogens with one attached hydrogen (secondary N) is 2. The zero-order valence-corrected chi connectivity index (χ0v) is 18.8. The standard InChI is InChI=1S/C26H26N4OS/c1-20-12-14-22(15-13-20)28-26(32)29-27-18-21-19-30(25-11-6-5-10-24(21)25)16-7-17-31-23-8-3-2-4-9-23/h2-6,8-15,18-19H,7,16-17H2,1H3,(H2,28,29,32). The van der Waals surface area contributed by atoms with Gasteiger partial charge in [0.15, 0.2) is 5.11 Å². The number of aromatic nitrogens is 1. The number of anilines is 1. The molecule has 5 nitrogen and oxygen atoms in total. The molecule has 0 radical (unpaired) electrons. The molecule has 0 atom stereocenters. The van der Waals surface area contributed by atoms with Crippen LogP contribution in [0.4, 0.5) is 5.69 Å². The second-order valence-corrected chi connectivity index (χ2v) is 7.91. The van der Waals surface area contributed by atoms with Crippen molar-refractivity contribution < 1.29 is 4.74 Å². The minimum absolute atomic E-state index is 0.451. The largest absolute Gasteiger partial charge is 0.494 e. The van der Waals surface area contributed by atoms with Crippen LogP contribution in [-0.4, -0.2) is 22.5 Å². The van der Waals surface area contributed by atoms with Crippen molar-refractivity contribution in [3.8, 4) is 5.75 Å². The first kappa shape index (κ1) is 21.6. The molecule has 0 aliphatic carbocycles. The van der Waals surface area contributed by atoms with Gasteiger partial charge in [0, 0.05) is 34.9 Å². The van der Waals surface area contributed by atoms with Crippen molar-refractivity contribution in [2.45, 2.75) is 19.9 Å². The first-order valence-corrected chi connectivity index (χ1v) is 11.0. The van der Waals surface area contributed by atoms with Gasteiger partial charge in [0.05, 0.1) is 12.8 Å². The Morgan fingerprint density at radius 2 is 1.75 bits per heavy atom. The Bertz CT molecular complexity index is 1200.